The molecule has 7 heteroatoms. The van der Waals surface area contributed by atoms with Gasteiger partial charge in [-0.05, 0) is 42.4 Å². The molecule has 0 radical (unpaired) electrons. The standard InChI is InChI=1S/C21H25N2O4.C8H10O.C2H6/c1-3-15-13-22(14-24)10-8-16(15)4-7-21(25)18-9-11-23(26)20-6-5-17(27-2)12-19(18)20;1-9-7-8-5-3-2-4-6-8;1-2/h3,5-6,9,11-12,14-16,26H,1,4,7-8,10,13H2,2H3;2-6H,7H2,1H3;1-2H3/q+1;;. The lowest BCUT2D eigenvalue weighted by atomic mass is 9.81. The number of carbonyl (C=O) groups is 2. The second kappa shape index (κ2) is 16.2. The molecule has 1 saturated heterocycles. The van der Waals surface area contributed by atoms with Crippen molar-refractivity contribution in [1.29, 1.82) is 0 Å². The molecular formula is C31H41N2O5+. The van der Waals surface area contributed by atoms with E-state index in [2.05, 4.69) is 6.58 Å². The molecule has 7 nitrogen and oxygen atoms in total. The van der Waals surface area contributed by atoms with Crippen molar-refractivity contribution in [2.75, 3.05) is 27.3 Å². The zero-order valence-corrected chi connectivity index (χ0v) is 23.0. The van der Waals surface area contributed by atoms with Gasteiger partial charge in [-0.2, -0.15) is 0 Å². The van der Waals surface area contributed by atoms with E-state index in [1.807, 2.05) is 50.3 Å². The van der Waals surface area contributed by atoms with Gasteiger partial charge in [0, 0.05) is 49.0 Å². The number of pyridine rings is 1. The molecule has 2 unspecified atom stereocenters. The lowest BCUT2D eigenvalue weighted by molar-refractivity contribution is -0.884. The van der Waals surface area contributed by atoms with Crippen molar-refractivity contribution < 1.29 is 29.0 Å². The average Bonchev–Trinajstić information content (AvgIpc) is 2.98. The van der Waals surface area contributed by atoms with Crippen molar-refractivity contribution in [3.8, 4) is 5.75 Å². The van der Waals surface area contributed by atoms with E-state index >= 15 is 0 Å². The highest BCUT2D eigenvalue weighted by Crippen LogP contribution is 2.29. The molecule has 1 N–H and O–H groups in total. The quantitative estimate of drug-likeness (QED) is 0.133. The summed E-state index contributed by atoms with van der Waals surface area (Å²) in [5.74, 6) is 1.23. The Morgan fingerprint density at radius 2 is 1.89 bits per heavy atom. The predicted octanol–water partition coefficient (Wildman–Crippen LogP) is 5.48. The fourth-order valence-corrected chi connectivity index (χ4v) is 4.59. The van der Waals surface area contributed by atoms with Crippen LogP contribution in [0.1, 0.15) is 49.0 Å². The van der Waals surface area contributed by atoms with Crippen LogP contribution in [0.15, 0.2) is 73.4 Å². The van der Waals surface area contributed by atoms with Gasteiger partial charge >= 0.3 is 0 Å². The van der Waals surface area contributed by atoms with Crippen LogP contribution in [0, 0.1) is 11.8 Å². The molecule has 2 heterocycles. The molecule has 2 aromatic carbocycles. The Hall–Kier alpha value is -3.71. The third-order valence-corrected chi connectivity index (χ3v) is 6.61. The number of nitrogens with zero attached hydrogens (tertiary/aromatic N) is 2. The maximum atomic E-state index is 12.9. The van der Waals surface area contributed by atoms with Crippen molar-refractivity contribution in [1.82, 2.24) is 4.90 Å². The molecule has 0 saturated carbocycles. The van der Waals surface area contributed by atoms with Gasteiger partial charge < -0.3 is 14.4 Å². The maximum absolute atomic E-state index is 12.9. The molecule has 1 aliphatic heterocycles. The topological polar surface area (TPSA) is 80.0 Å². The summed E-state index contributed by atoms with van der Waals surface area (Å²) < 4.78 is 11.2. The van der Waals surface area contributed by atoms with E-state index in [1.165, 1.54) is 11.8 Å². The van der Waals surface area contributed by atoms with Gasteiger partial charge in [0.05, 0.1) is 19.1 Å². The molecule has 0 aliphatic carbocycles. The number of methoxy groups -OCH3 is 2. The molecule has 204 valence electrons. The van der Waals surface area contributed by atoms with Crippen LogP contribution in [0.4, 0.5) is 0 Å². The van der Waals surface area contributed by atoms with Gasteiger partial charge in [0.1, 0.15) is 5.75 Å². The molecule has 38 heavy (non-hydrogen) atoms. The van der Waals surface area contributed by atoms with Crippen LogP contribution in [0.2, 0.25) is 0 Å². The molecule has 1 aromatic heterocycles. The second-order valence-corrected chi connectivity index (χ2v) is 8.89. The fourth-order valence-electron chi connectivity index (χ4n) is 4.59. The van der Waals surface area contributed by atoms with Gasteiger partial charge in [-0.15, -0.1) is 6.58 Å². The number of hydrogen-bond donors (Lipinski definition) is 1. The van der Waals surface area contributed by atoms with Gasteiger partial charge in [0.25, 0.3) is 5.52 Å². The van der Waals surface area contributed by atoms with E-state index in [-0.39, 0.29) is 11.7 Å². The first-order chi connectivity index (χ1) is 18.5. The minimum Gasteiger partial charge on any atom is -0.497 e. The van der Waals surface area contributed by atoms with Crippen LogP contribution in [0.25, 0.3) is 10.9 Å². The highest BCUT2D eigenvalue weighted by molar-refractivity contribution is 6.06. The molecule has 1 aliphatic rings. The summed E-state index contributed by atoms with van der Waals surface area (Å²) >= 11 is 0. The molecule has 3 aromatic rings. The Morgan fingerprint density at radius 1 is 1.16 bits per heavy atom. The van der Waals surface area contributed by atoms with Gasteiger partial charge in [-0.3, -0.25) is 14.8 Å². The number of benzene rings is 2. The summed E-state index contributed by atoms with van der Waals surface area (Å²) in [6, 6.07) is 17.0. The lowest BCUT2D eigenvalue weighted by Crippen LogP contribution is -2.39. The Balaban J connectivity index is 0.000000387. The first-order valence-electron chi connectivity index (χ1n) is 13.1. The zero-order valence-electron chi connectivity index (χ0n) is 23.0. The van der Waals surface area contributed by atoms with Crippen molar-refractivity contribution in [2.45, 2.75) is 39.7 Å². The summed E-state index contributed by atoms with van der Waals surface area (Å²) in [4.78, 5) is 25.7. The van der Waals surface area contributed by atoms with Crippen molar-refractivity contribution >= 4 is 23.1 Å². The van der Waals surface area contributed by atoms with Crippen LogP contribution in [0.5, 0.6) is 5.75 Å². The third-order valence-electron chi connectivity index (χ3n) is 6.61. The molecule has 0 spiro atoms. The van der Waals surface area contributed by atoms with E-state index in [0.717, 1.165) is 30.5 Å². The summed E-state index contributed by atoms with van der Waals surface area (Å²) in [6.07, 6.45) is 6.30. The summed E-state index contributed by atoms with van der Waals surface area (Å²) in [6.45, 7) is 9.99. The minimum absolute atomic E-state index is 0.0366. The van der Waals surface area contributed by atoms with Crippen LogP contribution in [0.3, 0.4) is 0 Å². The predicted molar refractivity (Wildman–Crippen MR) is 149 cm³/mol. The second-order valence-electron chi connectivity index (χ2n) is 8.89. The average molecular weight is 522 g/mol. The zero-order chi connectivity index (χ0) is 27.9. The van der Waals surface area contributed by atoms with Crippen LogP contribution >= 0.6 is 0 Å². The number of hydrogen-bond acceptors (Lipinski definition) is 5. The number of fused-ring (bicyclic) bond motifs is 1. The Kier molecular flexibility index (Phi) is 13.0. The van der Waals surface area contributed by atoms with Crippen molar-refractivity contribution in [3.05, 3.63) is 84.6 Å². The Labute approximate surface area is 226 Å². The number of amides is 1. The largest absolute Gasteiger partial charge is 0.497 e. The number of ketones is 1. The van der Waals surface area contributed by atoms with Crippen LogP contribution in [-0.4, -0.2) is 49.6 Å². The monoisotopic (exact) mass is 521 g/mol. The van der Waals surface area contributed by atoms with Crippen LogP contribution < -0.4 is 9.47 Å². The first kappa shape index (κ1) is 30.5. The highest BCUT2D eigenvalue weighted by Gasteiger charge is 2.27. The highest BCUT2D eigenvalue weighted by atomic mass is 16.5. The Morgan fingerprint density at radius 3 is 2.53 bits per heavy atom. The summed E-state index contributed by atoms with van der Waals surface area (Å²) in [5, 5.41) is 10.7. The summed E-state index contributed by atoms with van der Waals surface area (Å²) in [5.41, 5.74) is 2.36. The number of Topliss-reactive ketones (excluding diaryl/α,β-unsaturated/α-hetero) is 1. The number of likely N-dealkylation sites (tertiary alicyclic amines) is 1. The fraction of sp³-hybridized carbons (Fsp3) is 0.387. The first-order valence-corrected chi connectivity index (χ1v) is 13.1. The van der Waals surface area contributed by atoms with E-state index in [1.54, 1.807) is 43.4 Å². The van der Waals surface area contributed by atoms with E-state index in [9.17, 15) is 14.8 Å². The molecule has 1 fully saturated rings. The third kappa shape index (κ3) is 8.42. The van der Waals surface area contributed by atoms with Gasteiger partial charge in [-0.25, -0.2) is 0 Å². The lowest BCUT2D eigenvalue weighted by Gasteiger charge is -2.35. The van der Waals surface area contributed by atoms with E-state index < -0.39 is 0 Å². The SMILES string of the molecule is C=CC1CN(C=O)CCC1CCC(=O)c1cc[n+](O)c2ccc(OC)cc12.CC.COCc1ccccc1. The molecule has 4 rings (SSSR count). The smallest absolute Gasteiger partial charge is 0.265 e. The number of rotatable bonds is 9. The molecule has 0 bridgehead atoms. The van der Waals surface area contributed by atoms with Gasteiger partial charge in [-0.1, -0.05) is 50.3 Å². The van der Waals surface area contributed by atoms with Crippen molar-refractivity contribution in [3.63, 3.8) is 0 Å². The van der Waals surface area contributed by atoms with Crippen molar-refractivity contribution in [2.24, 2.45) is 11.8 Å². The minimum atomic E-state index is 0.0366. The van der Waals surface area contributed by atoms with E-state index in [0.29, 0.717) is 47.7 Å². The number of ether oxygens (including phenoxy) is 2. The number of aromatic nitrogens is 1. The molecule has 1 amide bonds. The van der Waals surface area contributed by atoms with E-state index in [4.69, 9.17) is 9.47 Å². The molecular weight excluding hydrogens is 480 g/mol. The molecule has 2 atom stereocenters. The Bertz CT molecular complexity index is 1170. The maximum Gasteiger partial charge on any atom is 0.265 e. The normalized spacial score (nSPS) is 16.4. The van der Waals surface area contributed by atoms with Gasteiger partial charge in [0.15, 0.2) is 5.78 Å². The summed E-state index contributed by atoms with van der Waals surface area (Å²) in [7, 11) is 3.27. The van der Waals surface area contributed by atoms with Gasteiger partial charge in [0.2, 0.25) is 12.6 Å². The van der Waals surface area contributed by atoms with Crippen LogP contribution in [-0.2, 0) is 16.1 Å². The number of piperidine rings is 1. The number of carbonyl (C=O) groups excluding carboxylic acids is 2.